The van der Waals surface area contributed by atoms with Gasteiger partial charge in [0.25, 0.3) is 0 Å². The van der Waals surface area contributed by atoms with Crippen LogP contribution in [0.3, 0.4) is 0 Å². The first kappa shape index (κ1) is 17.1. The number of pyridine rings is 1. The van der Waals surface area contributed by atoms with Gasteiger partial charge in [-0.2, -0.15) is 0 Å². The molecular weight excluding hydrogens is 356 g/mol. The van der Waals surface area contributed by atoms with E-state index < -0.39 is 0 Å². The number of ether oxygens (including phenoxy) is 1. The second kappa shape index (κ2) is 7.54. The van der Waals surface area contributed by atoms with Crippen LogP contribution in [-0.2, 0) is 24.2 Å². The van der Waals surface area contributed by atoms with Gasteiger partial charge in [0.1, 0.15) is 5.82 Å². The highest BCUT2D eigenvalue weighted by Gasteiger charge is 2.22. The topological polar surface area (TPSA) is 54.0 Å². The highest BCUT2D eigenvalue weighted by Crippen LogP contribution is 2.33. The number of rotatable bonds is 4. The Morgan fingerprint density at radius 1 is 1.26 bits per heavy atom. The fourth-order valence-corrected chi connectivity index (χ4v) is 5.10. The maximum atomic E-state index is 5.94. The van der Waals surface area contributed by atoms with Gasteiger partial charge in [0.05, 0.1) is 17.5 Å². The van der Waals surface area contributed by atoms with Crippen molar-refractivity contribution in [2.24, 2.45) is 0 Å². The Hall–Kier alpha value is -2.02. The molecule has 0 radical (unpaired) electrons. The monoisotopic (exact) mass is 380 g/mol. The molecule has 1 saturated heterocycles. The first-order valence-corrected chi connectivity index (χ1v) is 10.6. The van der Waals surface area contributed by atoms with Crippen molar-refractivity contribution in [1.82, 2.24) is 19.9 Å². The number of aromatic nitrogens is 3. The number of aromatic amines is 1. The summed E-state index contributed by atoms with van der Waals surface area (Å²) in [4.78, 5) is 17.8. The van der Waals surface area contributed by atoms with Crippen LogP contribution in [0.2, 0.25) is 0 Å². The van der Waals surface area contributed by atoms with Crippen LogP contribution in [0.5, 0.6) is 0 Å². The van der Waals surface area contributed by atoms with Crippen LogP contribution in [0, 0.1) is 0 Å². The molecule has 1 fully saturated rings. The summed E-state index contributed by atoms with van der Waals surface area (Å²) in [6, 6.07) is 8.55. The molecule has 0 unspecified atom stereocenters. The van der Waals surface area contributed by atoms with E-state index in [4.69, 9.17) is 9.72 Å². The zero-order valence-electron chi connectivity index (χ0n) is 15.4. The molecule has 1 atom stereocenters. The summed E-state index contributed by atoms with van der Waals surface area (Å²) in [5, 5.41) is 0. The molecule has 2 aliphatic rings. The van der Waals surface area contributed by atoms with Crippen LogP contribution in [0.25, 0.3) is 11.4 Å². The third kappa shape index (κ3) is 3.70. The smallest absolute Gasteiger partial charge is 0.139 e. The molecule has 0 amide bonds. The van der Waals surface area contributed by atoms with E-state index in [1.165, 1.54) is 34.0 Å². The van der Waals surface area contributed by atoms with Crippen LogP contribution >= 0.6 is 11.3 Å². The molecule has 0 spiro atoms. The van der Waals surface area contributed by atoms with Crippen molar-refractivity contribution in [1.29, 1.82) is 0 Å². The standard InChI is InChI=1S/C21H24N4OS/c1-2-11-26-19(5-1)20-7-6-16(27-20)13-25-10-8-17-18(14-25)24-21(23-17)15-4-3-9-22-12-15/h3-4,6-7,9,12,19H,1-2,5,8,10-11,13-14H2,(H,23,24)/t19-/m1/s1. The van der Waals surface area contributed by atoms with Gasteiger partial charge in [-0.05, 0) is 43.5 Å². The Morgan fingerprint density at radius 3 is 3.11 bits per heavy atom. The minimum atomic E-state index is 0.320. The molecule has 0 bridgehead atoms. The molecule has 5 heterocycles. The van der Waals surface area contributed by atoms with Crippen molar-refractivity contribution in [2.75, 3.05) is 13.2 Å². The van der Waals surface area contributed by atoms with E-state index in [0.717, 1.165) is 50.5 Å². The van der Waals surface area contributed by atoms with Crippen molar-refractivity contribution in [2.45, 2.75) is 44.9 Å². The number of hydrogen-bond acceptors (Lipinski definition) is 5. The van der Waals surface area contributed by atoms with Crippen LogP contribution in [-0.4, -0.2) is 33.0 Å². The van der Waals surface area contributed by atoms with Gasteiger partial charge in [-0.25, -0.2) is 4.98 Å². The lowest BCUT2D eigenvalue weighted by atomic mass is 10.1. The Kier molecular flexibility index (Phi) is 4.78. The molecule has 0 aromatic carbocycles. The van der Waals surface area contributed by atoms with Crippen LogP contribution < -0.4 is 0 Å². The number of nitrogens with one attached hydrogen (secondary N) is 1. The SMILES string of the molecule is c1cncc(-c2nc3c([nH]2)CN(Cc2ccc([C@H]4CCCCO4)s2)CC3)c1. The van der Waals surface area contributed by atoms with Crippen molar-refractivity contribution in [3.8, 4) is 11.4 Å². The van der Waals surface area contributed by atoms with Gasteiger partial charge < -0.3 is 9.72 Å². The van der Waals surface area contributed by atoms with Gasteiger partial charge in [-0.15, -0.1) is 11.3 Å². The van der Waals surface area contributed by atoms with E-state index >= 15 is 0 Å². The average Bonchev–Trinajstić information content (AvgIpc) is 3.36. The molecule has 3 aromatic rings. The Balaban J connectivity index is 1.26. The van der Waals surface area contributed by atoms with E-state index in [-0.39, 0.29) is 0 Å². The summed E-state index contributed by atoms with van der Waals surface area (Å²) >= 11 is 1.92. The minimum Gasteiger partial charge on any atom is -0.373 e. The number of nitrogens with zero attached hydrogens (tertiary/aromatic N) is 3. The molecule has 2 aliphatic heterocycles. The van der Waals surface area contributed by atoms with Gasteiger partial charge >= 0.3 is 0 Å². The third-order valence-corrected chi connectivity index (χ3v) is 6.57. The number of imidazole rings is 1. The van der Waals surface area contributed by atoms with E-state index in [0.29, 0.717) is 6.10 Å². The van der Waals surface area contributed by atoms with E-state index in [1.807, 2.05) is 23.6 Å². The first-order chi connectivity index (χ1) is 13.3. The maximum absolute atomic E-state index is 5.94. The largest absolute Gasteiger partial charge is 0.373 e. The second-order valence-electron chi connectivity index (χ2n) is 7.37. The summed E-state index contributed by atoms with van der Waals surface area (Å²) < 4.78 is 5.94. The fourth-order valence-electron chi connectivity index (χ4n) is 3.96. The van der Waals surface area contributed by atoms with Crippen molar-refractivity contribution >= 4 is 11.3 Å². The molecule has 0 saturated carbocycles. The lowest BCUT2D eigenvalue weighted by Crippen LogP contribution is -2.29. The predicted molar refractivity (Wildman–Crippen MR) is 106 cm³/mol. The summed E-state index contributed by atoms with van der Waals surface area (Å²) in [5.41, 5.74) is 3.49. The number of H-pyrrole nitrogens is 1. The summed E-state index contributed by atoms with van der Waals surface area (Å²) in [6.07, 6.45) is 8.63. The summed E-state index contributed by atoms with van der Waals surface area (Å²) in [6.45, 7) is 3.89. The van der Waals surface area contributed by atoms with Crippen molar-refractivity contribution in [3.05, 3.63) is 57.8 Å². The predicted octanol–water partition coefficient (Wildman–Crippen LogP) is 4.33. The van der Waals surface area contributed by atoms with Crippen LogP contribution in [0.15, 0.2) is 36.7 Å². The van der Waals surface area contributed by atoms with Crippen LogP contribution in [0.4, 0.5) is 0 Å². The molecular formula is C21H24N4OS. The summed E-state index contributed by atoms with van der Waals surface area (Å²) in [5.74, 6) is 0.933. The van der Waals surface area contributed by atoms with E-state index in [9.17, 15) is 0 Å². The van der Waals surface area contributed by atoms with Gasteiger partial charge in [0.15, 0.2) is 0 Å². The highest BCUT2D eigenvalue weighted by atomic mass is 32.1. The second-order valence-corrected chi connectivity index (χ2v) is 8.57. The minimum absolute atomic E-state index is 0.320. The molecule has 6 heteroatoms. The molecule has 3 aromatic heterocycles. The van der Waals surface area contributed by atoms with Crippen LogP contribution in [0.1, 0.15) is 46.5 Å². The van der Waals surface area contributed by atoms with Crippen molar-refractivity contribution < 1.29 is 4.74 Å². The zero-order chi connectivity index (χ0) is 18.1. The van der Waals surface area contributed by atoms with Gasteiger partial charge in [0, 0.05) is 60.4 Å². The maximum Gasteiger partial charge on any atom is 0.139 e. The fraction of sp³-hybridized carbons (Fsp3) is 0.429. The molecule has 1 N–H and O–H groups in total. The highest BCUT2D eigenvalue weighted by molar-refractivity contribution is 7.12. The van der Waals surface area contributed by atoms with Crippen molar-refractivity contribution in [3.63, 3.8) is 0 Å². The lowest BCUT2D eigenvalue weighted by molar-refractivity contribution is 0.0172. The zero-order valence-corrected chi connectivity index (χ0v) is 16.2. The van der Waals surface area contributed by atoms with E-state index in [1.54, 1.807) is 6.20 Å². The van der Waals surface area contributed by atoms with Gasteiger partial charge in [-0.1, -0.05) is 0 Å². The average molecular weight is 381 g/mol. The Labute approximate surface area is 163 Å². The molecule has 0 aliphatic carbocycles. The normalized spacial score (nSPS) is 20.5. The quantitative estimate of drug-likeness (QED) is 0.732. The third-order valence-electron chi connectivity index (χ3n) is 5.40. The molecule has 27 heavy (non-hydrogen) atoms. The molecule has 5 rings (SSSR count). The summed E-state index contributed by atoms with van der Waals surface area (Å²) in [7, 11) is 0. The van der Waals surface area contributed by atoms with E-state index in [2.05, 4.69) is 33.1 Å². The molecule has 140 valence electrons. The molecule has 5 nitrogen and oxygen atoms in total. The number of thiophene rings is 1. The first-order valence-electron chi connectivity index (χ1n) is 9.76. The number of fused-ring (bicyclic) bond motifs is 1. The van der Waals surface area contributed by atoms with Gasteiger partial charge in [-0.3, -0.25) is 9.88 Å². The number of hydrogen-bond donors (Lipinski definition) is 1. The Bertz CT molecular complexity index is 898. The van der Waals surface area contributed by atoms with Gasteiger partial charge in [0.2, 0.25) is 0 Å². The lowest BCUT2D eigenvalue weighted by Gasteiger charge is -2.25. The Morgan fingerprint density at radius 2 is 2.26 bits per heavy atom.